The van der Waals surface area contributed by atoms with E-state index in [1.54, 1.807) is 11.8 Å². The Bertz CT molecular complexity index is 975. The number of benzene rings is 1. The normalized spacial score (nSPS) is 17.8. The summed E-state index contributed by atoms with van der Waals surface area (Å²) in [6, 6.07) is 7.91. The summed E-state index contributed by atoms with van der Waals surface area (Å²) in [4.78, 5) is 6.90. The highest BCUT2D eigenvalue weighted by atomic mass is 35.5. The topological polar surface area (TPSA) is 72.9 Å². The van der Waals surface area contributed by atoms with Crippen molar-refractivity contribution in [1.29, 1.82) is 0 Å². The summed E-state index contributed by atoms with van der Waals surface area (Å²) in [5.41, 5.74) is 0.862. The van der Waals surface area contributed by atoms with Crippen molar-refractivity contribution in [2.45, 2.75) is 49.6 Å². The van der Waals surface area contributed by atoms with Gasteiger partial charge in [0.05, 0.1) is 5.75 Å². The van der Waals surface area contributed by atoms with Crippen LogP contribution >= 0.6 is 23.4 Å². The molecule has 2 aliphatic rings. The molecule has 152 valence electrons. The van der Waals surface area contributed by atoms with Gasteiger partial charge < -0.3 is 9.42 Å². The second-order valence-electron chi connectivity index (χ2n) is 7.86. The van der Waals surface area contributed by atoms with Crippen LogP contribution in [0.15, 0.2) is 33.9 Å². The Morgan fingerprint density at radius 1 is 1.10 bits per heavy atom. The molecule has 1 aromatic carbocycles. The summed E-state index contributed by atoms with van der Waals surface area (Å²) in [5, 5.41) is 14.8. The van der Waals surface area contributed by atoms with Gasteiger partial charge in [0.1, 0.15) is 0 Å². The first-order chi connectivity index (χ1) is 14.2. The molecule has 0 amide bonds. The Hall–Kier alpha value is -2.06. The standard InChI is InChI=1S/C20H23ClN6OS/c1-13-8-10-26(11-9-13)19-23-24-20(27(19)16-6-7-16)29-12-17-22-18(28-25-17)14-2-4-15(21)5-3-14/h2-5,13,16H,6-12H2,1H3. The van der Waals surface area contributed by atoms with Crippen LogP contribution in [0.4, 0.5) is 5.95 Å². The predicted molar refractivity (Wildman–Crippen MR) is 113 cm³/mol. The van der Waals surface area contributed by atoms with Gasteiger partial charge in [0.25, 0.3) is 5.89 Å². The highest BCUT2D eigenvalue weighted by molar-refractivity contribution is 7.98. The van der Waals surface area contributed by atoms with Crippen molar-refractivity contribution in [1.82, 2.24) is 24.9 Å². The summed E-state index contributed by atoms with van der Waals surface area (Å²) in [7, 11) is 0. The molecule has 9 heteroatoms. The molecule has 0 unspecified atom stereocenters. The zero-order valence-electron chi connectivity index (χ0n) is 16.3. The Morgan fingerprint density at radius 2 is 1.86 bits per heavy atom. The summed E-state index contributed by atoms with van der Waals surface area (Å²) in [5.74, 6) is 3.57. The number of hydrogen-bond acceptors (Lipinski definition) is 7. The Labute approximate surface area is 178 Å². The second kappa shape index (κ2) is 7.99. The minimum absolute atomic E-state index is 0.504. The SMILES string of the molecule is CC1CCN(c2nnc(SCc3noc(-c4ccc(Cl)cc4)n3)n2C2CC2)CC1. The van der Waals surface area contributed by atoms with Gasteiger partial charge in [-0.25, -0.2) is 0 Å². The molecule has 0 N–H and O–H groups in total. The van der Waals surface area contributed by atoms with Gasteiger partial charge in [-0.05, 0) is 55.9 Å². The van der Waals surface area contributed by atoms with Crippen LogP contribution in [0, 0.1) is 5.92 Å². The third-order valence-corrected chi connectivity index (χ3v) is 6.71. The molecule has 2 aromatic heterocycles. The minimum atomic E-state index is 0.504. The maximum atomic E-state index is 5.94. The molecule has 1 saturated heterocycles. The van der Waals surface area contributed by atoms with E-state index >= 15 is 0 Å². The summed E-state index contributed by atoms with van der Waals surface area (Å²) in [6.07, 6.45) is 4.84. The van der Waals surface area contributed by atoms with Crippen molar-refractivity contribution < 1.29 is 4.52 Å². The predicted octanol–water partition coefficient (Wildman–Crippen LogP) is 4.85. The largest absolute Gasteiger partial charge is 0.341 e. The first-order valence-corrected chi connectivity index (χ1v) is 11.4. The zero-order chi connectivity index (χ0) is 19.8. The lowest BCUT2D eigenvalue weighted by molar-refractivity contribution is 0.425. The van der Waals surface area contributed by atoms with Crippen molar-refractivity contribution >= 4 is 29.3 Å². The van der Waals surface area contributed by atoms with E-state index in [9.17, 15) is 0 Å². The van der Waals surface area contributed by atoms with Crippen molar-refractivity contribution in [2.75, 3.05) is 18.0 Å². The number of piperidine rings is 1. The van der Waals surface area contributed by atoms with Crippen LogP contribution in [-0.4, -0.2) is 38.0 Å². The highest BCUT2D eigenvalue weighted by Crippen LogP contribution is 2.41. The van der Waals surface area contributed by atoms with Crippen molar-refractivity contribution in [3.63, 3.8) is 0 Å². The van der Waals surface area contributed by atoms with Gasteiger partial charge in [0.2, 0.25) is 5.95 Å². The van der Waals surface area contributed by atoms with Crippen LogP contribution < -0.4 is 4.90 Å². The number of anilines is 1. The molecular formula is C20H23ClN6OS. The Kier molecular flexibility index (Phi) is 5.22. The lowest BCUT2D eigenvalue weighted by atomic mass is 10.00. The second-order valence-corrected chi connectivity index (χ2v) is 9.24. The van der Waals surface area contributed by atoms with Crippen molar-refractivity contribution in [2.24, 2.45) is 5.92 Å². The molecule has 3 heterocycles. The van der Waals surface area contributed by atoms with E-state index in [4.69, 9.17) is 16.1 Å². The molecule has 5 rings (SSSR count). The van der Waals surface area contributed by atoms with Gasteiger partial charge in [-0.1, -0.05) is 35.4 Å². The van der Waals surface area contributed by atoms with Gasteiger partial charge in [0.15, 0.2) is 11.0 Å². The van der Waals surface area contributed by atoms with Crippen LogP contribution in [-0.2, 0) is 5.75 Å². The molecule has 1 aliphatic heterocycles. The van der Waals surface area contributed by atoms with E-state index in [2.05, 4.69) is 36.7 Å². The van der Waals surface area contributed by atoms with E-state index in [-0.39, 0.29) is 0 Å². The fourth-order valence-electron chi connectivity index (χ4n) is 3.60. The average molecular weight is 431 g/mol. The van der Waals surface area contributed by atoms with Crippen LogP contribution in [0.1, 0.15) is 44.5 Å². The Balaban J connectivity index is 1.29. The molecule has 0 atom stereocenters. The van der Waals surface area contributed by atoms with E-state index in [1.165, 1.54) is 25.7 Å². The first kappa shape index (κ1) is 18.9. The molecule has 1 aliphatic carbocycles. The molecule has 0 radical (unpaired) electrons. The van der Waals surface area contributed by atoms with Crippen LogP contribution in [0.5, 0.6) is 0 Å². The van der Waals surface area contributed by atoms with E-state index in [1.807, 2.05) is 24.3 Å². The van der Waals surface area contributed by atoms with Crippen LogP contribution in [0.2, 0.25) is 5.02 Å². The maximum Gasteiger partial charge on any atom is 0.257 e. The number of nitrogens with zero attached hydrogens (tertiary/aromatic N) is 6. The summed E-state index contributed by atoms with van der Waals surface area (Å²) in [6.45, 7) is 4.45. The Morgan fingerprint density at radius 3 is 2.59 bits per heavy atom. The zero-order valence-corrected chi connectivity index (χ0v) is 17.9. The summed E-state index contributed by atoms with van der Waals surface area (Å²) < 4.78 is 7.73. The van der Waals surface area contributed by atoms with Gasteiger partial charge in [0, 0.05) is 29.7 Å². The van der Waals surface area contributed by atoms with Gasteiger partial charge >= 0.3 is 0 Å². The number of halogens is 1. The van der Waals surface area contributed by atoms with E-state index in [0.717, 1.165) is 35.7 Å². The smallest absolute Gasteiger partial charge is 0.257 e. The van der Waals surface area contributed by atoms with Crippen molar-refractivity contribution in [3.8, 4) is 11.5 Å². The lowest BCUT2D eigenvalue weighted by Gasteiger charge is -2.31. The van der Waals surface area contributed by atoms with Crippen LogP contribution in [0.25, 0.3) is 11.5 Å². The highest BCUT2D eigenvalue weighted by Gasteiger charge is 2.32. The van der Waals surface area contributed by atoms with E-state index < -0.39 is 0 Å². The molecule has 0 spiro atoms. The lowest BCUT2D eigenvalue weighted by Crippen LogP contribution is -2.34. The number of hydrogen-bond donors (Lipinski definition) is 0. The van der Waals surface area contributed by atoms with Gasteiger partial charge in [-0.15, -0.1) is 10.2 Å². The van der Waals surface area contributed by atoms with Gasteiger partial charge in [-0.3, -0.25) is 4.57 Å². The summed E-state index contributed by atoms with van der Waals surface area (Å²) >= 11 is 7.57. The van der Waals surface area contributed by atoms with E-state index in [0.29, 0.717) is 28.5 Å². The number of rotatable bonds is 6. The molecule has 7 nitrogen and oxygen atoms in total. The first-order valence-electron chi connectivity index (χ1n) is 10.1. The number of aromatic nitrogens is 5. The third kappa shape index (κ3) is 4.14. The fraction of sp³-hybridized carbons (Fsp3) is 0.500. The molecule has 1 saturated carbocycles. The molecule has 3 aromatic rings. The quantitative estimate of drug-likeness (QED) is 0.517. The fourth-order valence-corrected chi connectivity index (χ4v) is 4.57. The van der Waals surface area contributed by atoms with Crippen molar-refractivity contribution in [3.05, 3.63) is 35.1 Å². The maximum absolute atomic E-state index is 5.94. The van der Waals surface area contributed by atoms with Crippen LogP contribution in [0.3, 0.4) is 0 Å². The molecule has 29 heavy (non-hydrogen) atoms. The average Bonchev–Trinajstić information content (AvgIpc) is 3.30. The molecular weight excluding hydrogens is 408 g/mol. The minimum Gasteiger partial charge on any atom is -0.341 e. The number of thioether (sulfide) groups is 1. The monoisotopic (exact) mass is 430 g/mol. The molecule has 2 fully saturated rings. The third-order valence-electron chi connectivity index (χ3n) is 5.51. The molecule has 0 bridgehead atoms. The van der Waals surface area contributed by atoms with Gasteiger partial charge in [-0.2, -0.15) is 4.98 Å².